The van der Waals surface area contributed by atoms with E-state index in [1.54, 1.807) is 24.3 Å². The zero-order valence-electron chi connectivity index (χ0n) is 8.96. The van der Waals surface area contributed by atoms with Crippen LogP contribution in [0.5, 0.6) is 0 Å². The van der Waals surface area contributed by atoms with E-state index in [4.69, 9.17) is 4.74 Å². The third kappa shape index (κ3) is 4.08. The third-order valence-corrected chi connectivity index (χ3v) is 2.05. The fourth-order valence-corrected chi connectivity index (χ4v) is 1.38. The Morgan fingerprint density at radius 1 is 1.44 bits per heavy atom. The number of nitrogens with zero attached hydrogens (tertiary/aromatic N) is 1. The van der Waals surface area contributed by atoms with Crippen molar-refractivity contribution >= 4 is 5.97 Å². The Morgan fingerprint density at radius 3 is 2.56 bits per heavy atom. The van der Waals surface area contributed by atoms with Gasteiger partial charge in [-0.1, -0.05) is 30.3 Å². The Kier molecular flexibility index (Phi) is 4.44. The van der Waals surface area contributed by atoms with E-state index in [-0.39, 0.29) is 13.0 Å². The summed E-state index contributed by atoms with van der Waals surface area (Å²) in [5, 5.41) is 10.3. The SMILES string of the molecule is CC(=O)OC(CC[N+](=O)[O-])c1ccccc1. The molecule has 1 aromatic rings. The minimum atomic E-state index is -0.538. The molecule has 0 aliphatic rings. The van der Waals surface area contributed by atoms with E-state index in [1.807, 2.05) is 6.07 Å². The summed E-state index contributed by atoms with van der Waals surface area (Å²) in [5.41, 5.74) is 0.777. The summed E-state index contributed by atoms with van der Waals surface area (Å²) in [5.74, 6) is -0.433. The first-order valence-corrected chi connectivity index (χ1v) is 4.93. The molecule has 1 atom stereocenters. The highest BCUT2D eigenvalue weighted by molar-refractivity contribution is 5.66. The Bertz CT molecular complexity index is 364. The van der Waals surface area contributed by atoms with Crippen molar-refractivity contribution < 1.29 is 14.5 Å². The summed E-state index contributed by atoms with van der Waals surface area (Å²) >= 11 is 0. The van der Waals surface area contributed by atoms with E-state index in [9.17, 15) is 14.9 Å². The number of esters is 1. The van der Waals surface area contributed by atoms with E-state index < -0.39 is 17.0 Å². The van der Waals surface area contributed by atoms with Gasteiger partial charge < -0.3 is 4.74 Å². The van der Waals surface area contributed by atoms with E-state index in [0.29, 0.717) is 0 Å². The standard InChI is InChI=1S/C11H13NO4/c1-9(13)16-11(7-8-12(14)15)10-5-3-2-4-6-10/h2-6,11H,7-8H2,1H3. The van der Waals surface area contributed by atoms with Crippen molar-refractivity contribution in [1.29, 1.82) is 0 Å². The maximum atomic E-state index is 10.9. The lowest BCUT2D eigenvalue weighted by Crippen LogP contribution is -2.13. The lowest BCUT2D eigenvalue weighted by Gasteiger charge is -2.15. The van der Waals surface area contributed by atoms with E-state index >= 15 is 0 Å². The molecule has 86 valence electrons. The van der Waals surface area contributed by atoms with Gasteiger partial charge in [0.25, 0.3) is 0 Å². The minimum Gasteiger partial charge on any atom is -0.457 e. The molecule has 0 aliphatic carbocycles. The summed E-state index contributed by atoms with van der Waals surface area (Å²) in [6, 6.07) is 9.01. The molecular weight excluding hydrogens is 210 g/mol. The van der Waals surface area contributed by atoms with Crippen LogP contribution in [0, 0.1) is 10.1 Å². The van der Waals surface area contributed by atoms with Crippen LogP contribution in [0.1, 0.15) is 25.0 Å². The van der Waals surface area contributed by atoms with Crippen LogP contribution in [0.15, 0.2) is 30.3 Å². The molecule has 5 nitrogen and oxygen atoms in total. The minimum absolute atomic E-state index is 0.191. The zero-order chi connectivity index (χ0) is 12.0. The Labute approximate surface area is 93.2 Å². The Morgan fingerprint density at radius 2 is 2.06 bits per heavy atom. The van der Waals surface area contributed by atoms with Crippen LogP contribution in [0.25, 0.3) is 0 Å². The fourth-order valence-electron chi connectivity index (χ4n) is 1.38. The van der Waals surface area contributed by atoms with Crippen LogP contribution in [0.3, 0.4) is 0 Å². The highest BCUT2D eigenvalue weighted by Gasteiger charge is 2.16. The van der Waals surface area contributed by atoms with Gasteiger partial charge in [0.05, 0.1) is 6.42 Å². The first-order valence-electron chi connectivity index (χ1n) is 4.93. The smallest absolute Gasteiger partial charge is 0.303 e. The average Bonchev–Trinajstić information content (AvgIpc) is 2.25. The molecule has 0 bridgehead atoms. The second-order valence-electron chi connectivity index (χ2n) is 3.35. The molecule has 0 aromatic heterocycles. The van der Waals surface area contributed by atoms with Crippen molar-refractivity contribution in [3.8, 4) is 0 Å². The molecule has 1 unspecified atom stereocenters. The van der Waals surface area contributed by atoms with Crippen molar-refractivity contribution in [2.24, 2.45) is 0 Å². The molecule has 0 N–H and O–H groups in total. The van der Waals surface area contributed by atoms with Gasteiger partial charge in [-0.2, -0.15) is 0 Å². The number of rotatable bonds is 5. The second-order valence-corrected chi connectivity index (χ2v) is 3.35. The Hall–Kier alpha value is -1.91. The third-order valence-electron chi connectivity index (χ3n) is 2.05. The molecule has 0 aliphatic heterocycles. The van der Waals surface area contributed by atoms with Crippen molar-refractivity contribution in [3.05, 3.63) is 46.0 Å². The molecule has 0 saturated heterocycles. The molecule has 0 spiro atoms. The number of carbonyl (C=O) groups excluding carboxylic acids is 1. The van der Waals surface area contributed by atoms with Gasteiger partial charge in [0.15, 0.2) is 0 Å². The number of carbonyl (C=O) groups is 1. The average molecular weight is 223 g/mol. The van der Waals surface area contributed by atoms with Crippen LogP contribution >= 0.6 is 0 Å². The molecular formula is C11H13NO4. The number of ether oxygens (including phenoxy) is 1. The van der Waals surface area contributed by atoms with E-state index in [1.165, 1.54) is 6.92 Å². The quantitative estimate of drug-likeness (QED) is 0.434. The van der Waals surface area contributed by atoms with Crippen LogP contribution in [0.4, 0.5) is 0 Å². The van der Waals surface area contributed by atoms with E-state index in [2.05, 4.69) is 0 Å². The number of benzene rings is 1. The summed E-state index contributed by atoms with van der Waals surface area (Å²) in [4.78, 5) is 20.7. The van der Waals surface area contributed by atoms with E-state index in [0.717, 1.165) is 5.56 Å². The highest BCUT2D eigenvalue weighted by atomic mass is 16.6. The number of hydrogen-bond acceptors (Lipinski definition) is 4. The number of nitro groups is 1. The van der Waals surface area contributed by atoms with Gasteiger partial charge in [-0.3, -0.25) is 14.9 Å². The summed E-state index contributed by atoms with van der Waals surface area (Å²) in [6.07, 6.45) is -0.347. The number of hydrogen-bond donors (Lipinski definition) is 0. The van der Waals surface area contributed by atoms with Crippen molar-refractivity contribution in [1.82, 2.24) is 0 Å². The summed E-state index contributed by atoms with van der Waals surface area (Å²) in [7, 11) is 0. The summed E-state index contributed by atoms with van der Waals surface area (Å²) < 4.78 is 5.04. The fraction of sp³-hybridized carbons (Fsp3) is 0.364. The largest absolute Gasteiger partial charge is 0.457 e. The predicted octanol–water partition coefficient (Wildman–Crippen LogP) is 1.96. The topological polar surface area (TPSA) is 69.4 Å². The molecule has 0 fully saturated rings. The molecule has 0 amide bonds. The lowest BCUT2D eigenvalue weighted by molar-refractivity contribution is -0.482. The lowest BCUT2D eigenvalue weighted by atomic mass is 10.1. The maximum absolute atomic E-state index is 10.9. The molecule has 0 heterocycles. The predicted molar refractivity (Wildman–Crippen MR) is 57.4 cm³/mol. The van der Waals surface area contributed by atoms with Crippen LogP contribution < -0.4 is 0 Å². The van der Waals surface area contributed by atoms with Gasteiger partial charge in [-0.25, -0.2) is 0 Å². The normalized spacial score (nSPS) is 11.8. The van der Waals surface area contributed by atoms with Gasteiger partial charge >= 0.3 is 5.97 Å². The second kappa shape index (κ2) is 5.85. The van der Waals surface area contributed by atoms with Gasteiger partial charge in [-0.05, 0) is 5.56 Å². The van der Waals surface area contributed by atoms with Crippen LogP contribution in [-0.4, -0.2) is 17.4 Å². The monoisotopic (exact) mass is 223 g/mol. The Balaban J connectivity index is 2.71. The van der Waals surface area contributed by atoms with Gasteiger partial charge in [0.1, 0.15) is 6.10 Å². The molecule has 1 aromatic carbocycles. The first kappa shape index (κ1) is 12.2. The van der Waals surface area contributed by atoms with Crippen molar-refractivity contribution in [3.63, 3.8) is 0 Å². The van der Waals surface area contributed by atoms with Crippen LogP contribution in [0.2, 0.25) is 0 Å². The summed E-state index contributed by atoms with van der Waals surface area (Å²) in [6.45, 7) is 1.08. The molecule has 5 heteroatoms. The zero-order valence-corrected chi connectivity index (χ0v) is 8.96. The van der Waals surface area contributed by atoms with Crippen molar-refractivity contribution in [2.45, 2.75) is 19.4 Å². The molecule has 16 heavy (non-hydrogen) atoms. The molecule has 0 radical (unpaired) electrons. The molecule has 1 rings (SSSR count). The molecule has 0 saturated carbocycles. The first-order chi connectivity index (χ1) is 7.59. The van der Waals surface area contributed by atoms with Crippen LogP contribution in [-0.2, 0) is 9.53 Å². The van der Waals surface area contributed by atoms with Crippen molar-refractivity contribution in [2.75, 3.05) is 6.54 Å². The highest BCUT2D eigenvalue weighted by Crippen LogP contribution is 2.20. The van der Waals surface area contributed by atoms with Gasteiger partial charge in [-0.15, -0.1) is 0 Å². The maximum Gasteiger partial charge on any atom is 0.303 e. The van der Waals surface area contributed by atoms with Gasteiger partial charge in [0, 0.05) is 11.8 Å². The van der Waals surface area contributed by atoms with Gasteiger partial charge in [0.2, 0.25) is 6.54 Å².